The summed E-state index contributed by atoms with van der Waals surface area (Å²) in [4.78, 5) is 24.8. The number of halogens is 1. The van der Waals surface area contributed by atoms with Gasteiger partial charge in [0, 0.05) is 26.1 Å². The highest BCUT2D eigenvalue weighted by Gasteiger charge is 2.13. The van der Waals surface area contributed by atoms with Gasteiger partial charge in [-0.15, -0.1) is 0 Å². The summed E-state index contributed by atoms with van der Waals surface area (Å²) in [6, 6.07) is 6.39. The fourth-order valence-corrected chi connectivity index (χ4v) is 2.09. The highest BCUT2D eigenvalue weighted by Crippen LogP contribution is 2.06. The minimum atomic E-state index is -0.547. The molecule has 1 aromatic carbocycles. The summed E-state index contributed by atoms with van der Waals surface area (Å²) in [6.45, 7) is 3.42. The van der Waals surface area contributed by atoms with E-state index in [4.69, 9.17) is 0 Å². The first kappa shape index (κ1) is 17.9. The highest BCUT2D eigenvalue weighted by molar-refractivity contribution is 5.77. The number of rotatable bonds is 8. The van der Waals surface area contributed by atoms with Gasteiger partial charge in [0.05, 0.1) is 7.11 Å². The molecule has 0 radical (unpaired) electrons. The Morgan fingerprint density at radius 1 is 1.32 bits per heavy atom. The number of amides is 2. The maximum Gasteiger partial charge on any atom is 0.406 e. The van der Waals surface area contributed by atoms with Crippen molar-refractivity contribution in [3.8, 4) is 0 Å². The molecule has 6 heteroatoms. The van der Waals surface area contributed by atoms with Gasteiger partial charge in [-0.1, -0.05) is 19.1 Å². The number of nitrogens with zero attached hydrogens (tertiary/aromatic N) is 1. The third-order valence-corrected chi connectivity index (χ3v) is 3.20. The second-order valence-corrected chi connectivity index (χ2v) is 4.93. The van der Waals surface area contributed by atoms with E-state index in [0.29, 0.717) is 19.5 Å². The van der Waals surface area contributed by atoms with Crippen LogP contribution in [0, 0.1) is 5.82 Å². The predicted molar refractivity (Wildman–Crippen MR) is 82.0 cm³/mol. The lowest BCUT2D eigenvalue weighted by Gasteiger charge is -2.22. The van der Waals surface area contributed by atoms with Crippen LogP contribution < -0.4 is 5.32 Å². The Morgan fingerprint density at radius 3 is 2.73 bits per heavy atom. The van der Waals surface area contributed by atoms with Crippen LogP contribution in [0.15, 0.2) is 24.3 Å². The van der Waals surface area contributed by atoms with Crippen molar-refractivity contribution < 1.29 is 18.7 Å². The van der Waals surface area contributed by atoms with Gasteiger partial charge in [-0.2, -0.15) is 0 Å². The molecule has 1 rings (SSSR count). The SMILES string of the molecule is CCCN(CCc1cccc(F)c1)C(=O)CCNC(=O)OC. The average molecular weight is 310 g/mol. The fourth-order valence-electron chi connectivity index (χ4n) is 2.09. The number of ether oxygens (including phenoxy) is 1. The Morgan fingerprint density at radius 2 is 2.09 bits per heavy atom. The van der Waals surface area contributed by atoms with Crippen molar-refractivity contribution in [2.75, 3.05) is 26.7 Å². The Hall–Kier alpha value is -2.11. The van der Waals surface area contributed by atoms with Crippen molar-refractivity contribution in [2.24, 2.45) is 0 Å². The van der Waals surface area contributed by atoms with Gasteiger partial charge >= 0.3 is 6.09 Å². The normalized spacial score (nSPS) is 10.1. The van der Waals surface area contributed by atoms with Gasteiger partial charge in [0.1, 0.15) is 5.82 Å². The van der Waals surface area contributed by atoms with Crippen LogP contribution in [0.3, 0.4) is 0 Å². The molecule has 0 fully saturated rings. The number of hydrogen-bond acceptors (Lipinski definition) is 3. The van der Waals surface area contributed by atoms with Crippen molar-refractivity contribution in [2.45, 2.75) is 26.2 Å². The number of carbonyl (C=O) groups excluding carboxylic acids is 2. The first-order chi connectivity index (χ1) is 10.6. The topological polar surface area (TPSA) is 58.6 Å². The van der Waals surface area contributed by atoms with E-state index in [1.54, 1.807) is 11.0 Å². The molecule has 0 saturated carbocycles. The van der Waals surface area contributed by atoms with Crippen LogP contribution in [0.25, 0.3) is 0 Å². The minimum absolute atomic E-state index is 0.0327. The lowest BCUT2D eigenvalue weighted by Crippen LogP contribution is -2.36. The molecule has 0 unspecified atom stereocenters. The molecule has 1 aromatic rings. The summed E-state index contributed by atoms with van der Waals surface area (Å²) < 4.78 is 17.6. The Bertz CT molecular complexity index is 494. The quantitative estimate of drug-likeness (QED) is 0.802. The average Bonchev–Trinajstić information content (AvgIpc) is 2.51. The summed E-state index contributed by atoms with van der Waals surface area (Å²) in [5, 5.41) is 2.48. The predicted octanol–water partition coefficient (Wildman–Crippen LogP) is 2.35. The molecule has 2 amide bonds. The van der Waals surface area contributed by atoms with E-state index >= 15 is 0 Å². The summed E-state index contributed by atoms with van der Waals surface area (Å²) in [7, 11) is 1.28. The molecule has 1 N–H and O–H groups in total. The molecule has 22 heavy (non-hydrogen) atoms. The molecule has 122 valence electrons. The van der Waals surface area contributed by atoms with Crippen molar-refractivity contribution in [1.82, 2.24) is 10.2 Å². The van der Waals surface area contributed by atoms with E-state index in [1.807, 2.05) is 13.0 Å². The maximum atomic E-state index is 13.1. The van der Waals surface area contributed by atoms with E-state index in [0.717, 1.165) is 12.0 Å². The van der Waals surface area contributed by atoms with Crippen LogP contribution in [-0.2, 0) is 16.0 Å². The summed E-state index contributed by atoms with van der Waals surface area (Å²) >= 11 is 0. The van der Waals surface area contributed by atoms with Crippen molar-refractivity contribution in [3.63, 3.8) is 0 Å². The van der Waals surface area contributed by atoms with Crippen LogP contribution in [-0.4, -0.2) is 43.6 Å². The van der Waals surface area contributed by atoms with Crippen LogP contribution in [0.4, 0.5) is 9.18 Å². The van der Waals surface area contributed by atoms with Gasteiger partial charge in [0.2, 0.25) is 5.91 Å². The number of methoxy groups -OCH3 is 1. The molecule has 0 aliphatic carbocycles. The molecule has 0 spiro atoms. The number of carbonyl (C=O) groups is 2. The number of nitrogens with one attached hydrogen (secondary N) is 1. The van der Waals surface area contributed by atoms with Crippen molar-refractivity contribution in [1.29, 1.82) is 0 Å². The second-order valence-electron chi connectivity index (χ2n) is 4.93. The van der Waals surface area contributed by atoms with Gasteiger partial charge < -0.3 is 15.0 Å². The molecular formula is C16H23FN2O3. The van der Waals surface area contributed by atoms with E-state index in [9.17, 15) is 14.0 Å². The third kappa shape index (κ3) is 6.56. The molecule has 0 aliphatic rings. The van der Waals surface area contributed by atoms with Gasteiger partial charge in [-0.05, 0) is 30.5 Å². The lowest BCUT2D eigenvalue weighted by atomic mass is 10.1. The Balaban J connectivity index is 2.46. The molecule has 0 aromatic heterocycles. The summed E-state index contributed by atoms with van der Waals surface area (Å²) in [6.07, 6.45) is 1.13. The van der Waals surface area contributed by atoms with E-state index < -0.39 is 6.09 Å². The minimum Gasteiger partial charge on any atom is -0.453 e. The molecule has 0 atom stereocenters. The zero-order valence-corrected chi connectivity index (χ0v) is 13.1. The molecule has 0 bridgehead atoms. The zero-order valence-electron chi connectivity index (χ0n) is 13.1. The molecule has 0 saturated heterocycles. The largest absolute Gasteiger partial charge is 0.453 e. The number of benzene rings is 1. The standard InChI is InChI=1S/C16H23FN2O3/c1-3-10-19(15(20)7-9-18-16(21)22-2)11-8-13-5-4-6-14(17)12-13/h4-6,12H,3,7-11H2,1-2H3,(H,18,21). The zero-order chi connectivity index (χ0) is 16.4. The lowest BCUT2D eigenvalue weighted by molar-refractivity contribution is -0.131. The van der Waals surface area contributed by atoms with Crippen molar-refractivity contribution in [3.05, 3.63) is 35.6 Å². The summed E-state index contributed by atoms with van der Waals surface area (Å²) in [5.74, 6) is -0.303. The summed E-state index contributed by atoms with van der Waals surface area (Å²) in [5.41, 5.74) is 0.863. The molecule has 0 aliphatic heterocycles. The first-order valence-electron chi connectivity index (χ1n) is 7.40. The first-order valence-corrected chi connectivity index (χ1v) is 7.40. The molecule has 5 nitrogen and oxygen atoms in total. The monoisotopic (exact) mass is 310 g/mol. The van der Waals surface area contributed by atoms with Crippen LogP contribution in [0.1, 0.15) is 25.3 Å². The van der Waals surface area contributed by atoms with Gasteiger partial charge in [0.25, 0.3) is 0 Å². The molecule has 0 heterocycles. The van der Waals surface area contributed by atoms with E-state index in [-0.39, 0.29) is 24.7 Å². The highest BCUT2D eigenvalue weighted by atomic mass is 19.1. The smallest absolute Gasteiger partial charge is 0.406 e. The van der Waals surface area contributed by atoms with Crippen molar-refractivity contribution >= 4 is 12.0 Å². The Kier molecular flexibility index (Phi) is 7.96. The Labute approximate surface area is 130 Å². The van der Waals surface area contributed by atoms with Gasteiger partial charge in [-0.3, -0.25) is 4.79 Å². The number of hydrogen-bond donors (Lipinski definition) is 1. The number of alkyl carbamates (subject to hydrolysis) is 1. The fraction of sp³-hybridized carbons (Fsp3) is 0.500. The third-order valence-electron chi connectivity index (χ3n) is 3.20. The maximum absolute atomic E-state index is 13.1. The van der Waals surface area contributed by atoms with E-state index in [1.165, 1.54) is 19.2 Å². The van der Waals surface area contributed by atoms with Crippen LogP contribution >= 0.6 is 0 Å². The van der Waals surface area contributed by atoms with Crippen LogP contribution in [0.2, 0.25) is 0 Å². The van der Waals surface area contributed by atoms with Gasteiger partial charge in [-0.25, -0.2) is 9.18 Å². The molecular weight excluding hydrogens is 287 g/mol. The second kappa shape index (κ2) is 9.76. The van der Waals surface area contributed by atoms with E-state index in [2.05, 4.69) is 10.1 Å². The van der Waals surface area contributed by atoms with Crippen LogP contribution in [0.5, 0.6) is 0 Å². The van der Waals surface area contributed by atoms with Gasteiger partial charge in [0.15, 0.2) is 0 Å².